The van der Waals surface area contributed by atoms with Gasteiger partial charge in [0, 0.05) is 17.6 Å². The van der Waals surface area contributed by atoms with Gasteiger partial charge in [0.15, 0.2) is 0 Å². The van der Waals surface area contributed by atoms with Crippen molar-refractivity contribution in [1.82, 2.24) is 0 Å². The van der Waals surface area contributed by atoms with Crippen molar-refractivity contribution in [3.8, 4) is 5.75 Å². The Bertz CT molecular complexity index is 1010. The van der Waals surface area contributed by atoms with Gasteiger partial charge in [0.2, 0.25) is 0 Å². The quantitative estimate of drug-likeness (QED) is 0.362. The monoisotopic (exact) mass is 523 g/mol. The first kappa shape index (κ1) is 24.1. The van der Waals surface area contributed by atoms with Gasteiger partial charge in [-0.2, -0.15) is 0 Å². The van der Waals surface area contributed by atoms with Crippen LogP contribution in [0.4, 0.5) is 5.69 Å². The molecule has 5 heteroatoms. The molecular formula is C28H34BrNO2Si. The van der Waals surface area contributed by atoms with Gasteiger partial charge < -0.3 is 14.1 Å². The van der Waals surface area contributed by atoms with Crippen molar-refractivity contribution in [3.63, 3.8) is 0 Å². The van der Waals surface area contributed by atoms with Gasteiger partial charge in [0.05, 0.1) is 12.2 Å². The fraction of sp³-hybridized carbons (Fsp3) is 0.357. The number of halogens is 1. The zero-order chi connectivity index (χ0) is 23.5. The Morgan fingerprint density at radius 1 is 0.970 bits per heavy atom. The summed E-state index contributed by atoms with van der Waals surface area (Å²) < 4.78 is 14.1. The summed E-state index contributed by atoms with van der Waals surface area (Å²) in [5.41, 5.74) is 1.16. The SMILES string of the molecule is CC(CO[Si](c1ccccc1)(c1ccccc1)C(C)(C)C)CN1CCOc2ccc(Br)cc21. The van der Waals surface area contributed by atoms with Gasteiger partial charge in [-0.25, -0.2) is 0 Å². The number of benzene rings is 3. The Morgan fingerprint density at radius 2 is 1.58 bits per heavy atom. The van der Waals surface area contributed by atoms with Crippen LogP contribution in [0.1, 0.15) is 27.7 Å². The van der Waals surface area contributed by atoms with Crippen LogP contribution < -0.4 is 20.0 Å². The largest absolute Gasteiger partial charge is 0.490 e. The Balaban J connectivity index is 1.60. The lowest BCUT2D eigenvalue weighted by atomic mass is 10.1. The molecule has 0 fully saturated rings. The van der Waals surface area contributed by atoms with Crippen molar-refractivity contribution in [2.24, 2.45) is 5.92 Å². The smallest absolute Gasteiger partial charge is 0.261 e. The molecule has 1 aliphatic rings. The standard InChI is InChI=1S/C28H34BrNO2Si/c1-22(20-30-17-18-31-27-16-15-23(29)19-26(27)30)21-32-33(28(2,3)4,24-11-7-5-8-12-24)25-13-9-6-10-14-25/h5-16,19,22H,17-18,20-21H2,1-4H3. The van der Waals surface area contributed by atoms with E-state index in [1.807, 2.05) is 6.07 Å². The second-order valence-corrected chi connectivity index (χ2v) is 15.2. The van der Waals surface area contributed by atoms with Crippen LogP contribution in [0.3, 0.4) is 0 Å². The third-order valence-corrected chi connectivity index (χ3v) is 11.9. The van der Waals surface area contributed by atoms with Crippen LogP contribution in [0.25, 0.3) is 0 Å². The predicted molar refractivity (Wildman–Crippen MR) is 145 cm³/mol. The maximum atomic E-state index is 7.15. The summed E-state index contributed by atoms with van der Waals surface area (Å²) in [5.74, 6) is 1.33. The van der Waals surface area contributed by atoms with Crippen molar-refractivity contribution in [1.29, 1.82) is 0 Å². The third-order valence-electron chi connectivity index (χ3n) is 6.41. The van der Waals surface area contributed by atoms with E-state index in [-0.39, 0.29) is 5.04 Å². The molecule has 33 heavy (non-hydrogen) atoms. The first-order chi connectivity index (χ1) is 15.8. The average molecular weight is 525 g/mol. The molecule has 0 aromatic heterocycles. The van der Waals surface area contributed by atoms with E-state index in [4.69, 9.17) is 9.16 Å². The summed E-state index contributed by atoms with van der Waals surface area (Å²) in [6, 6.07) is 28.0. The predicted octanol–water partition coefficient (Wildman–Crippen LogP) is 5.86. The van der Waals surface area contributed by atoms with Gasteiger partial charge >= 0.3 is 0 Å². The lowest BCUT2D eigenvalue weighted by Gasteiger charge is -2.44. The molecule has 174 valence electrons. The Morgan fingerprint density at radius 3 is 2.15 bits per heavy atom. The summed E-state index contributed by atoms with van der Waals surface area (Å²) >= 11 is 3.61. The molecule has 0 saturated carbocycles. The molecule has 1 heterocycles. The van der Waals surface area contributed by atoms with E-state index in [1.165, 1.54) is 10.4 Å². The summed E-state index contributed by atoms with van der Waals surface area (Å²) in [6.45, 7) is 12.6. The Labute approximate surface area is 208 Å². The van der Waals surface area contributed by atoms with Crippen molar-refractivity contribution in [3.05, 3.63) is 83.3 Å². The molecule has 3 aromatic rings. The highest BCUT2D eigenvalue weighted by Gasteiger charge is 2.50. The van der Waals surface area contributed by atoms with Gasteiger partial charge in [0.25, 0.3) is 8.32 Å². The van der Waals surface area contributed by atoms with Crippen molar-refractivity contribution < 1.29 is 9.16 Å². The molecule has 0 bridgehead atoms. The number of ether oxygens (including phenoxy) is 1. The third kappa shape index (κ3) is 5.05. The van der Waals surface area contributed by atoms with Crippen LogP contribution in [-0.2, 0) is 4.43 Å². The lowest BCUT2D eigenvalue weighted by molar-refractivity contribution is 0.240. The summed E-state index contributed by atoms with van der Waals surface area (Å²) in [7, 11) is -2.51. The van der Waals surface area contributed by atoms with Crippen LogP contribution in [0.2, 0.25) is 5.04 Å². The number of fused-ring (bicyclic) bond motifs is 1. The van der Waals surface area contributed by atoms with Crippen LogP contribution in [0.5, 0.6) is 5.75 Å². The lowest BCUT2D eigenvalue weighted by Crippen LogP contribution is -2.67. The normalized spacial score (nSPS) is 15.0. The van der Waals surface area contributed by atoms with E-state index in [0.29, 0.717) is 12.5 Å². The maximum Gasteiger partial charge on any atom is 0.261 e. The minimum atomic E-state index is -2.51. The molecule has 0 saturated heterocycles. The molecule has 0 amide bonds. The zero-order valence-electron chi connectivity index (χ0n) is 20.1. The molecule has 1 unspecified atom stereocenters. The van der Waals surface area contributed by atoms with Gasteiger partial charge in [-0.05, 0) is 39.5 Å². The average Bonchev–Trinajstić information content (AvgIpc) is 2.80. The molecule has 0 spiro atoms. The van der Waals surface area contributed by atoms with Crippen molar-refractivity contribution in [2.75, 3.05) is 31.2 Å². The summed E-state index contributed by atoms with van der Waals surface area (Å²) in [5, 5.41) is 2.65. The molecule has 0 radical (unpaired) electrons. The minimum Gasteiger partial charge on any atom is -0.490 e. The molecular weight excluding hydrogens is 490 g/mol. The van der Waals surface area contributed by atoms with Crippen LogP contribution in [-0.4, -0.2) is 34.6 Å². The molecule has 1 atom stereocenters. The van der Waals surface area contributed by atoms with Crippen LogP contribution in [0, 0.1) is 5.92 Å². The Hall–Kier alpha value is -2.08. The second-order valence-electron chi connectivity index (χ2n) is 9.99. The van der Waals surface area contributed by atoms with Crippen LogP contribution in [0.15, 0.2) is 83.3 Å². The van der Waals surface area contributed by atoms with E-state index in [0.717, 1.165) is 35.6 Å². The highest BCUT2D eigenvalue weighted by molar-refractivity contribution is 9.10. The van der Waals surface area contributed by atoms with Crippen molar-refractivity contribution in [2.45, 2.75) is 32.7 Å². The highest BCUT2D eigenvalue weighted by atomic mass is 79.9. The summed E-state index contributed by atoms with van der Waals surface area (Å²) in [6.07, 6.45) is 0. The molecule has 1 aliphatic heterocycles. The molecule has 3 nitrogen and oxygen atoms in total. The van der Waals surface area contributed by atoms with Crippen molar-refractivity contribution >= 4 is 40.3 Å². The zero-order valence-corrected chi connectivity index (χ0v) is 22.6. The fourth-order valence-electron chi connectivity index (χ4n) is 4.89. The highest BCUT2D eigenvalue weighted by Crippen LogP contribution is 2.38. The van der Waals surface area contributed by atoms with E-state index < -0.39 is 8.32 Å². The maximum absolute atomic E-state index is 7.15. The topological polar surface area (TPSA) is 21.7 Å². The number of nitrogens with zero attached hydrogens (tertiary/aromatic N) is 1. The van der Waals surface area contributed by atoms with E-state index >= 15 is 0 Å². The first-order valence-corrected chi connectivity index (χ1v) is 14.4. The fourth-order valence-corrected chi connectivity index (χ4v) is 9.93. The van der Waals surface area contributed by atoms with E-state index in [1.54, 1.807) is 0 Å². The number of hydrogen-bond donors (Lipinski definition) is 0. The van der Waals surface area contributed by atoms with Gasteiger partial charge in [-0.3, -0.25) is 0 Å². The Kier molecular flexibility index (Phi) is 7.32. The second kappa shape index (κ2) is 10.0. The van der Waals surface area contributed by atoms with Gasteiger partial charge in [0.1, 0.15) is 12.4 Å². The molecule has 0 N–H and O–H groups in total. The minimum absolute atomic E-state index is 0.00808. The number of rotatable bonds is 7. The number of anilines is 1. The van der Waals surface area contributed by atoms with Gasteiger partial charge in [-0.1, -0.05) is 104 Å². The molecule has 0 aliphatic carbocycles. The molecule has 3 aromatic carbocycles. The van der Waals surface area contributed by atoms with E-state index in [2.05, 4.69) is 121 Å². The summed E-state index contributed by atoms with van der Waals surface area (Å²) in [4.78, 5) is 2.43. The van der Waals surface area contributed by atoms with Crippen LogP contribution >= 0.6 is 15.9 Å². The molecule has 4 rings (SSSR count). The van der Waals surface area contributed by atoms with E-state index in [9.17, 15) is 0 Å². The first-order valence-electron chi connectivity index (χ1n) is 11.7. The number of hydrogen-bond acceptors (Lipinski definition) is 3. The van der Waals surface area contributed by atoms with Gasteiger partial charge in [-0.15, -0.1) is 0 Å².